The van der Waals surface area contributed by atoms with Gasteiger partial charge in [-0.1, -0.05) is 6.07 Å². The predicted molar refractivity (Wildman–Crippen MR) is 64.8 cm³/mol. The summed E-state index contributed by atoms with van der Waals surface area (Å²) in [6, 6.07) is 7.50. The summed E-state index contributed by atoms with van der Waals surface area (Å²) in [5.74, 6) is 0.0891. The van der Waals surface area contributed by atoms with E-state index in [0.29, 0.717) is 5.69 Å². The van der Waals surface area contributed by atoms with Crippen LogP contribution >= 0.6 is 11.3 Å². The quantitative estimate of drug-likeness (QED) is 0.818. The summed E-state index contributed by atoms with van der Waals surface area (Å²) in [6.07, 6.45) is 1.24. The van der Waals surface area contributed by atoms with Crippen molar-refractivity contribution in [2.75, 3.05) is 12.0 Å². The molecule has 0 spiro atoms. The number of anilines is 1. The van der Waals surface area contributed by atoms with Crippen LogP contribution in [0.3, 0.4) is 0 Å². The molecule has 1 heterocycles. The Morgan fingerprint density at radius 3 is 2.73 bits per heavy atom. The molecule has 5 heteroatoms. The molecular weight excluding hydrogens is 230 g/mol. The number of hydrogen-bond acceptors (Lipinski definition) is 4. The number of benzene rings is 1. The monoisotopic (exact) mass is 241 g/mol. The molecule has 0 saturated carbocycles. The summed E-state index contributed by atoms with van der Waals surface area (Å²) in [5.41, 5.74) is 6.49. The van der Waals surface area contributed by atoms with Gasteiger partial charge in [0.15, 0.2) is 9.84 Å². The summed E-state index contributed by atoms with van der Waals surface area (Å²) in [5, 5.41) is 0.946. The summed E-state index contributed by atoms with van der Waals surface area (Å²) >= 11 is 1.48. The van der Waals surface area contributed by atoms with Crippen LogP contribution in [0.15, 0.2) is 24.3 Å². The Kier molecular flexibility index (Phi) is 2.44. The molecule has 0 saturated heterocycles. The number of hydrogen-bond donors (Lipinski definition) is 1. The molecule has 1 aromatic heterocycles. The first-order valence-corrected chi connectivity index (χ1v) is 7.28. The van der Waals surface area contributed by atoms with Crippen molar-refractivity contribution >= 4 is 36.9 Å². The van der Waals surface area contributed by atoms with Gasteiger partial charge in [0.25, 0.3) is 0 Å². The van der Waals surface area contributed by atoms with E-state index in [1.54, 1.807) is 0 Å². The van der Waals surface area contributed by atoms with E-state index in [2.05, 4.69) is 0 Å². The molecule has 0 aliphatic rings. The summed E-state index contributed by atoms with van der Waals surface area (Å²) in [6.45, 7) is 0. The summed E-state index contributed by atoms with van der Waals surface area (Å²) in [7, 11) is -2.97. The number of fused-ring (bicyclic) bond motifs is 1. The maximum absolute atomic E-state index is 11.1. The lowest BCUT2D eigenvalue weighted by Crippen LogP contribution is -1.98. The lowest BCUT2D eigenvalue weighted by Gasteiger charge is -1.92. The van der Waals surface area contributed by atoms with Gasteiger partial charge < -0.3 is 5.73 Å². The van der Waals surface area contributed by atoms with Gasteiger partial charge in [-0.05, 0) is 18.2 Å². The molecule has 2 N–H and O–H groups in total. The number of nitrogens with two attached hydrogens (primary N) is 1. The van der Waals surface area contributed by atoms with Gasteiger partial charge in [0.05, 0.1) is 5.75 Å². The molecule has 0 bridgehead atoms. The molecule has 0 fully saturated rings. The smallest absolute Gasteiger partial charge is 0.152 e. The van der Waals surface area contributed by atoms with Gasteiger partial charge in [-0.2, -0.15) is 0 Å². The average molecular weight is 241 g/mol. The van der Waals surface area contributed by atoms with Crippen molar-refractivity contribution < 1.29 is 8.42 Å². The minimum absolute atomic E-state index is 0.0891. The molecule has 0 aliphatic heterocycles. The molecule has 0 amide bonds. The van der Waals surface area contributed by atoms with E-state index < -0.39 is 9.84 Å². The van der Waals surface area contributed by atoms with Crippen LogP contribution in [0, 0.1) is 0 Å². The first-order chi connectivity index (χ1) is 6.96. The third-order valence-corrected chi connectivity index (χ3v) is 4.17. The Labute approximate surface area is 92.4 Å². The molecule has 1 aromatic carbocycles. The number of rotatable bonds is 2. The van der Waals surface area contributed by atoms with Gasteiger partial charge in [-0.3, -0.25) is 0 Å². The Morgan fingerprint density at radius 1 is 1.40 bits per heavy atom. The summed E-state index contributed by atoms with van der Waals surface area (Å²) in [4.78, 5) is 0.838. The molecule has 0 unspecified atom stereocenters. The number of nitrogen functional groups attached to an aromatic ring is 1. The van der Waals surface area contributed by atoms with Crippen LogP contribution in [0.2, 0.25) is 0 Å². The van der Waals surface area contributed by atoms with Crippen molar-refractivity contribution in [1.82, 2.24) is 0 Å². The van der Waals surface area contributed by atoms with Gasteiger partial charge in [0.2, 0.25) is 0 Å². The third kappa shape index (κ3) is 2.30. The zero-order chi connectivity index (χ0) is 11.1. The molecule has 15 heavy (non-hydrogen) atoms. The molecule has 0 aliphatic carbocycles. The third-order valence-electron chi connectivity index (χ3n) is 2.05. The fourth-order valence-electron chi connectivity index (χ4n) is 1.47. The van der Waals surface area contributed by atoms with Crippen LogP contribution in [0.25, 0.3) is 10.1 Å². The van der Waals surface area contributed by atoms with Gasteiger partial charge in [-0.15, -0.1) is 11.3 Å². The van der Waals surface area contributed by atoms with Crippen molar-refractivity contribution in [1.29, 1.82) is 0 Å². The topological polar surface area (TPSA) is 60.2 Å². The van der Waals surface area contributed by atoms with E-state index in [0.717, 1.165) is 15.0 Å². The average Bonchev–Trinajstić information content (AvgIpc) is 2.45. The lowest BCUT2D eigenvalue weighted by atomic mass is 10.2. The highest BCUT2D eigenvalue weighted by molar-refractivity contribution is 7.90. The van der Waals surface area contributed by atoms with Crippen molar-refractivity contribution in [3.63, 3.8) is 0 Å². The number of thiophene rings is 1. The van der Waals surface area contributed by atoms with Crippen molar-refractivity contribution in [2.45, 2.75) is 5.75 Å². The standard InChI is InChI=1S/C10H11NO2S2/c1-15(12,13)6-7-5-8-9(11)3-2-4-10(8)14-7/h2-5H,6,11H2,1H3. The Morgan fingerprint density at radius 2 is 2.13 bits per heavy atom. The van der Waals surface area contributed by atoms with Crippen molar-refractivity contribution in [3.8, 4) is 0 Å². The summed E-state index contributed by atoms with van der Waals surface area (Å²) < 4.78 is 23.3. The Balaban J connectivity index is 2.53. The second-order valence-electron chi connectivity index (χ2n) is 3.54. The van der Waals surface area contributed by atoms with E-state index >= 15 is 0 Å². The van der Waals surface area contributed by atoms with Gasteiger partial charge in [-0.25, -0.2) is 8.42 Å². The van der Waals surface area contributed by atoms with Crippen LogP contribution in [0.1, 0.15) is 4.88 Å². The fourth-order valence-corrected chi connectivity index (χ4v) is 3.84. The van der Waals surface area contributed by atoms with Gasteiger partial charge >= 0.3 is 0 Å². The molecule has 0 atom stereocenters. The maximum Gasteiger partial charge on any atom is 0.152 e. The van der Waals surface area contributed by atoms with Crippen LogP contribution in [-0.2, 0) is 15.6 Å². The molecular formula is C10H11NO2S2. The molecule has 80 valence electrons. The Hall–Kier alpha value is -1.07. The minimum atomic E-state index is -2.97. The lowest BCUT2D eigenvalue weighted by molar-refractivity contribution is 0.601. The highest BCUT2D eigenvalue weighted by atomic mass is 32.2. The first-order valence-electron chi connectivity index (χ1n) is 4.40. The first kappa shape index (κ1) is 10.4. The van der Waals surface area contributed by atoms with E-state index in [9.17, 15) is 8.42 Å². The van der Waals surface area contributed by atoms with Gasteiger partial charge in [0, 0.05) is 26.9 Å². The molecule has 2 aromatic rings. The fraction of sp³-hybridized carbons (Fsp3) is 0.200. The van der Waals surface area contributed by atoms with E-state index in [1.807, 2.05) is 24.3 Å². The van der Waals surface area contributed by atoms with Crippen LogP contribution in [0.4, 0.5) is 5.69 Å². The van der Waals surface area contributed by atoms with Crippen LogP contribution < -0.4 is 5.73 Å². The zero-order valence-corrected chi connectivity index (χ0v) is 9.86. The van der Waals surface area contributed by atoms with E-state index in [4.69, 9.17) is 5.73 Å². The van der Waals surface area contributed by atoms with Gasteiger partial charge in [0.1, 0.15) is 0 Å². The normalized spacial score (nSPS) is 12.1. The number of sulfone groups is 1. The van der Waals surface area contributed by atoms with Crippen LogP contribution in [-0.4, -0.2) is 14.7 Å². The van der Waals surface area contributed by atoms with E-state index in [-0.39, 0.29) is 5.75 Å². The largest absolute Gasteiger partial charge is 0.398 e. The highest BCUT2D eigenvalue weighted by Gasteiger charge is 2.09. The maximum atomic E-state index is 11.1. The second-order valence-corrected chi connectivity index (χ2v) is 6.85. The van der Waals surface area contributed by atoms with Crippen molar-refractivity contribution in [3.05, 3.63) is 29.1 Å². The molecule has 0 radical (unpaired) electrons. The molecule has 3 nitrogen and oxygen atoms in total. The van der Waals surface area contributed by atoms with E-state index in [1.165, 1.54) is 17.6 Å². The Bertz CT molecular complexity index is 599. The molecule has 2 rings (SSSR count). The predicted octanol–water partition coefficient (Wildman–Crippen LogP) is 2.03. The zero-order valence-electron chi connectivity index (χ0n) is 8.23. The minimum Gasteiger partial charge on any atom is -0.398 e. The SMILES string of the molecule is CS(=O)(=O)Cc1cc2c(N)cccc2s1. The van der Waals surface area contributed by atoms with Crippen LogP contribution in [0.5, 0.6) is 0 Å². The second kappa shape index (κ2) is 3.50. The highest BCUT2D eigenvalue weighted by Crippen LogP contribution is 2.30. The van der Waals surface area contributed by atoms with Crippen molar-refractivity contribution in [2.24, 2.45) is 0 Å².